The lowest BCUT2D eigenvalue weighted by molar-refractivity contribution is 0.0943. The molecule has 7 heteroatoms. The Hall–Kier alpha value is -2.02. The lowest BCUT2D eigenvalue weighted by Gasteiger charge is -2.14. The minimum Gasteiger partial charge on any atom is -0.493 e. The summed E-state index contributed by atoms with van der Waals surface area (Å²) in [5.41, 5.74) is 5.72. The van der Waals surface area contributed by atoms with Crippen LogP contribution in [0.15, 0.2) is 18.2 Å². The van der Waals surface area contributed by atoms with E-state index in [1.165, 1.54) is 0 Å². The summed E-state index contributed by atoms with van der Waals surface area (Å²) >= 11 is 5.12. The van der Waals surface area contributed by atoms with Gasteiger partial charge in [0.05, 0.1) is 13.7 Å². The Morgan fingerprint density at radius 1 is 1.24 bits per heavy atom. The van der Waals surface area contributed by atoms with E-state index in [0.29, 0.717) is 34.7 Å². The molecule has 1 amide bonds. The van der Waals surface area contributed by atoms with Crippen molar-refractivity contribution in [2.75, 3.05) is 20.3 Å². The molecule has 1 rings (SSSR count). The van der Waals surface area contributed by atoms with Gasteiger partial charge in [0.15, 0.2) is 16.6 Å². The van der Waals surface area contributed by atoms with Crippen LogP contribution in [0.3, 0.4) is 0 Å². The van der Waals surface area contributed by atoms with E-state index in [2.05, 4.69) is 36.9 Å². The SMILES string of the molecule is CCCCOc1ccc(C(=O)NNC(=S)NCCC(C)C)cc1OC. The van der Waals surface area contributed by atoms with Crippen molar-refractivity contribution in [3.63, 3.8) is 0 Å². The molecule has 0 spiro atoms. The summed E-state index contributed by atoms with van der Waals surface area (Å²) in [7, 11) is 1.55. The van der Waals surface area contributed by atoms with Gasteiger partial charge in [0.1, 0.15) is 0 Å². The zero-order valence-electron chi connectivity index (χ0n) is 15.5. The van der Waals surface area contributed by atoms with Crippen LogP contribution >= 0.6 is 12.2 Å². The maximum atomic E-state index is 12.2. The summed E-state index contributed by atoms with van der Waals surface area (Å²) in [6, 6.07) is 5.08. The van der Waals surface area contributed by atoms with Crippen LogP contribution in [0.2, 0.25) is 0 Å². The molecule has 0 unspecified atom stereocenters. The molecule has 0 atom stereocenters. The van der Waals surface area contributed by atoms with Gasteiger partial charge in [-0.05, 0) is 49.2 Å². The first-order chi connectivity index (χ1) is 12.0. The van der Waals surface area contributed by atoms with Crippen LogP contribution in [-0.4, -0.2) is 31.3 Å². The molecule has 0 saturated heterocycles. The number of nitrogens with one attached hydrogen (secondary N) is 3. The lowest BCUT2D eigenvalue weighted by Crippen LogP contribution is -2.47. The van der Waals surface area contributed by atoms with Crippen LogP contribution in [0.1, 0.15) is 50.4 Å². The number of hydrogen-bond donors (Lipinski definition) is 3. The first kappa shape index (κ1) is 21.0. The monoisotopic (exact) mass is 367 g/mol. The van der Waals surface area contributed by atoms with Gasteiger partial charge in [0.25, 0.3) is 5.91 Å². The quantitative estimate of drug-likeness (QED) is 0.354. The molecule has 1 aromatic carbocycles. The zero-order valence-corrected chi connectivity index (χ0v) is 16.3. The fourth-order valence-electron chi connectivity index (χ4n) is 1.96. The third kappa shape index (κ3) is 8.07. The number of benzene rings is 1. The number of unbranched alkanes of at least 4 members (excludes halogenated alkanes) is 1. The van der Waals surface area contributed by atoms with Crippen molar-refractivity contribution in [3.8, 4) is 11.5 Å². The summed E-state index contributed by atoms with van der Waals surface area (Å²) < 4.78 is 11.0. The van der Waals surface area contributed by atoms with Crippen molar-refractivity contribution in [2.45, 2.75) is 40.0 Å². The number of ether oxygens (including phenoxy) is 2. The molecular formula is C18H29N3O3S. The zero-order chi connectivity index (χ0) is 18.7. The minimum absolute atomic E-state index is 0.300. The topological polar surface area (TPSA) is 71.6 Å². The molecule has 0 bridgehead atoms. The van der Waals surface area contributed by atoms with Gasteiger partial charge in [0.2, 0.25) is 0 Å². The third-order valence-electron chi connectivity index (χ3n) is 3.48. The van der Waals surface area contributed by atoms with Crippen molar-refractivity contribution < 1.29 is 14.3 Å². The Bertz CT molecular complexity index is 564. The van der Waals surface area contributed by atoms with Crippen LogP contribution in [0.25, 0.3) is 0 Å². The van der Waals surface area contributed by atoms with Gasteiger partial charge >= 0.3 is 0 Å². The van der Waals surface area contributed by atoms with Crippen molar-refractivity contribution in [3.05, 3.63) is 23.8 Å². The number of carbonyl (C=O) groups excluding carboxylic acids is 1. The predicted octanol–water partition coefficient (Wildman–Crippen LogP) is 3.03. The second kappa shape index (κ2) is 11.5. The highest BCUT2D eigenvalue weighted by Crippen LogP contribution is 2.28. The number of amides is 1. The van der Waals surface area contributed by atoms with Gasteiger partial charge in [-0.1, -0.05) is 27.2 Å². The van der Waals surface area contributed by atoms with Crippen molar-refractivity contribution in [1.82, 2.24) is 16.2 Å². The molecule has 0 fully saturated rings. The van der Waals surface area contributed by atoms with E-state index >= 15 is 0 Å². The molecule has 25 heavy (non-hydrogen) atoms. The minimum atomic E-state index is -0.300. The van der Waals surface area contributed by atoms with E-state index < -0.39 is 0 Å². The molecule has 0 aromatic heterocycles. The van der Waals surface area contributed by atoms with E-state index in [1.54, 1.807) is 25.3 Å². The summed E-state index contributed by atoms with van der Waals surface area (Å²) in [5, 5.41) is 3.43. The van der Waals surface area contributed by atoms with E-state index in [0.717, 1.165) is 25.8 Å². The highest BCUT2D eigenvalue weighted by Gasteiger charge is 2.11. The highest BCUT2D eigenvalue weighted by atomic mass is 32.1. The smallest absolute Gasteiger partial charge is 0.269 e. The second-order valence-corrected chi connectivity index (χ2v) is 6.49. The molecule has 0 aliphatic heterocycles. The van der Waals surface area contributed by atoms with Crippen LogP contribution < -0.4 is 25.6 Å². The number of rotatable bonds is 9. The predicted molar refractivity (Wildman–Crippen MR) is 104 cm³/mol. The number of thiocarbonyl (C=S) groups is 1. The Morgan fingerprint density at radius 2 is 2.00 bits per heavy atom. The lowest BCUT2D eigenvalue weighted by atomic mass is 10.1. The molecule has 0 saturated carbocycles. The molecular weight excluding hydrogens is 338 g/mol. The number of hydrogen-bond acceptors (Lipinski definition) is 4. The number of carbonyl (C=O) groups is 1. The Morgan fingerprint density at radius 3 is 2.64 bits per heavy atom. The van der Waals surface area contributed by atoms with E-state index in [9.17, 15) is 4.79 Å². The molecule has 0 aliphatic carbocycles. The van der Waals surface area contributed by atoms with Crippen LogP contribution in [0, 0.1) is 5.92 Å². The molecule has 3 N–H and O–H groups in total. The molecule has 0 heterocycles. The number of methoxy groups -OCH3 is 1. The molecule has 140 valence electrons. The highest BCUT2D eigenvalue weighted by molar-refractivity contribution is 7.80. The molecule has 0 aliphatic rings. The summed E-state index contributed by atoms with van der Waals surface area (Å²) in [6.45, 7) is 7.77. The standard InChI is InChI=1S/C18H29N3O3S/c1-5-6-11-24-15-8-7-14(12-16(15)23-4)17(22)20-21-18(25)19-10-9-13(2)3/h7-8,12-13H,5-6,9-11H2,1-4H3,(H,20,22)(H2,19,21,25). The van der Waals surface area contributed by atoms with Gasteiger partial charge in [-0.15, -0.1) is 0 Å². The van der Waals surface area contributed by atoms with E-state index in [4.69, 9.17) is 21.7 Å². The van der Waals surface area contributed by atoms with E-state index in [-0.39, 0.29) is 5.91 Å². The second-order valence-electron chi connectivity index (χ2n) is 6.09. The molecule has 0 radical (unpaired) electrons. The summed E-state index contributed by atoms with van der Waals surface area (Å²) in [5.74, 6) is 1.45. The van der Waals surface area contributed by atoms with Crippen LogP contribution in [0.4, 0.5) is 0 Å². The molecule has 1 aromatic rings. The van der Waals surface area contributed by atoms with Gasteiger partial charge in [0, 0.05) is 12.1 Å². The van der Waals surface area contributed by atoms with Gasteiger partial charge in [-0.3, -0.25) is 15.6 Å². The maximum Gasteiger partial charge on any atom is 0.269 e. The third-order valence-corrected chi connectivity index (χ3v) is 3.72. The van der Waals surface area contributed by atoms with Gasteiger partial charge < -0.3 is 14.8 Å². The number of hydrazine groups is 1. The average molecular weight is 368 g/mol. The van der Waals surface area contributed by atoms with Crippen LogP contribution in [0.5, 0.6) is 11.5 Å². The Balaban J connectivity index is 2.53. The van der Waals surface area contributed by atoms with E-state index in [1.807, 2.05) is 0 Å². The van der Waals surface area contributed by atoms with Crippen molar-refractivity contribution >= 4 is 23.2 Å². The maximum absolute atomic E-state index is 12.2. The summed E-state index contributed by atoms with van der Waals surface area (Å²) in [4.78, 5) is 12.2. The van der Waals surface area contributed by atoms with Crippen molar-refractivity contribution in [2.24, 2.45) is 5.92 Å². The molecule has 6 nitrogen and oxygen atoms in total. The summed E-state index contributed by atoms with van der Waals surface area (Å²) in [6.07, 6.45) is 3.03. The average Bonchev–Trinajstić information content (AvgIpc) is 2.59. The Kier molecular flexibility index (Phi) is 9.69. The fraction of sp³-hybridized carbons (Fsp3) is 0.556. The first-order valence-corrected chi connectivity index (χ1v) is 9.03. The van der Waals surface area contributed by atoms with Gasteiger partial charge in [-0.25, -0.2) is 0 Å². The fourth-order valence-corrected chi connectivity index (χ4v) is 2.11. The Labute approximate surface area is 155 Å². The van der Waals surface area contributed by atoms with Crippen molar-refractivity contribution in [1.29, 1.82) is 0 Å². The largest absolute Gasteiger partial charge is 0.493 e. The first-order valence-electron chi connectivity index (χ1n) is 8.63. The van der Waals surface area contributed by atoms with Crippen LogP contribution in [-0.2, 0) is 0 Å². The normalized spacial score (nSPS) is 10.3. The van der Waals surface area contributed by atoms with Gasteiger partial charge in [-0.2, -0.15) is 0 Å².